The third-order valence-corrected chi connectivity index (χ3v) is 1.19. The zero-order valence-corrected chi connectivity index (χ0v) is 5.26. The Kier molecular flexibility index (Phi) is 1.80. The Balaban J connectivity index is 3.01. The van der Waals surface area contributed by atoms with Gasteiger partial charge >= 0.3 is 0 Å². The van der Waals surface area contributed by atoms with Gasteiger partial charge < -0.3 is 5.11 Å². The topological polar surface area (TPSA) is 33.1 Å². The second-order valence-electron chi connectivity index (χ2n) is 1.82. The van der Waals surface area contributed by atoms with Gasteiger partial charge in [-0.15, -0.1) is 0 Å². The van der Waals surface area contributed by atoms with Crippen LogP contribution in [0.3, 0.4) is 0 Å². The highest BCUT2D eigenvalue weighted by molar-refractivity contribution is 5.14. The minimum absolute atomic E-state index is 0.00315. The Hall–Kier alpha value is -0.890. The summed E-state index contributed by atoms with van der Waals surface area (Å²) in [5, 5.41) is 8.64. The molecule has 0 atom stereocenters. The lowest BCUT2D eigenvalue weighted by molar-refractivity contribution is 0.276. The maximum Gasteiger partial charge on any atom is 0.0855 e. The van der Waals surface area contributed by atoms with Gasteiger partial charge in [-0.3, -0.25) is 4.98 Å². The first-order valence-electron chi connectivity index (χ1n) is 2.77. The van der Waals surface area contributed by atoms with Crippen LogP contribution in [0.2, 0.25) is 0 Å². The van der Waals surface area contributed by atoms with E-state index in [-0.39, 0.29) is 6.61 Å². The van der Waals surface area contributed by atoms with E-state index in [1.54, 1.807) is 12.3 Å². The van der Waals surface area contributed by atoms with Gasteiger partial charge in [0.15, 0.2) is 0 Å². The molecule has 0 spiro atoms. The molecule has 47 valence electrons. The van der Waals surface area contributed by atoms with Gasteiger partial charge in [-0.2, -0.15) is 0 Å². The van der Waals surface area contributed by atoms with Gasteiger partial charge in [0.1, 0.15) is 0 Å². The van der Waals surface area contributed by atoms with Crippen LogP contribution in [0.5, 0.6) is 0 Å². The van der Waals surface area contributed by atoms with Crippen molar-refractivity contribution in [3.8, 4) is 0 Å². The van der Waals surface area contributed by atoms with Crippen LogP contribution in [0.25, 0.3) is 0 Å². The lowest BCUT2D eigenvalue weighted by atomic mass is 10.2. The SMILES string of the molecule is Cc1[c]ccnc1CO. The largest absolute Gasteiger partial charge is 0.390 e. The molecule has 0 aliphatic carbocycles. The van der Waals surface area contributed by atoms with E-state index >= 15 is 0 Å². The first-order valence-corrected chi connectivity index (χ1v) is 2.77. The summed E-state index contributed by atoms with van der Waals surface area (Å²) in [7, 11) is 0. The number of rotatable bonds is 1. The van der Waals surface area contributed by atoms with Crippen molar-refractivity contribution in [3.05, 3.63) is 29.6 Å². The summed E-state index contributed by atoms with van der Waals surface area (Å²) < 4.78 is 0. The summed E-state index contributed by atoms with van der Waals surface area (Å²) in [5.41, 5.74) is 1.62. The number of aromatic nitrogens is 1. The molecule has 2 heteroatoms. The maximum atomic E-state index is 8.64. The van der Waals surface area contributed by atoms with E-state index in [9.17, 15) is 0 Å². The number of nitrogens with zero attached hydrogens (tertiary/aromatic N) is 1. The van der Waals surface area contributed by atoms with Crippen LogP contribution in [-0.4, -0.2) is 10.1 Å². The van der Waals surface area contributed by atoms with Crippen LogP contribution in [-0.2, 0) is 6.61 Å². The van der Waals surface area contributed by atoms with Gasteiger partial charge in [0.05, 0.1) is 12.3 Å². The van der Waals surface area contributed by atoms with Crippen molar-refractivity contribution in [3.63, 3.8) is 0 Å². The molecule has 0 saturated heterocycles. The van der Waals surface area contributed by atoms with Crippen LogP contribution in [0.1, 0.15) is 11.3 Å². The third kappa shape index (κ3) is 1.27. The van der Waals surface area contributed by atoms with E-state index in [1.807, 2.05) is 6.92 Å². The quantitative estimate of drug-likeness (QED) is 0.594. The van der Waals surface area contributed by atoms with Crippen molar-refractivity contribution in [1.82, 2.24) is 4.98 Å². The molecule has 1 aromatic rings. The number of hydrogen-bond donors (Lipinski definition) is 1. The number of hydrogen-bond acceptors (Lipinski definition) is 2. The molecule has 0 aromatic carbocycles. The van der Waals surface area contributed by atoms with Crippen LogP contribution >= 0.6 is 0 Å². The van der Waals surface area contributed by atoms with Crippen molar-refractivity contribution >= 4 is 0 Å². The zero-order chi connectivity index (χ0) is 6.69. The fourth-order valence-electron chi connectivity index (χ4n) is 0.629. The summed E-state index contributed by atoms with van der Waals surface area (Å²) >= 11 is 0. The lowest BCUT2D eigenvalue weighted by Gasteiger charge is -1.96. The standard InChI is InChI=1S/C7H8NO/c1-6-3-2-4-8-7(6)5-9/h2,4,9H,5H2,1H3. The van der Waals surface area contributed by atoms with Crippen LogP contribution in [0, 0.1) is 13.0 Å². The Morgan fingerprint density at radius 1 is 1.78 bits per heavy atom. The highest BCUT2D eigenvalue weighted by Crippen LogP contribution is 2.00. The van der Waals surface area contributed by atoms with Gasteiger partial charge in [0.2, 0.25) is 0 Å². The first kappa shape index (κ1) is 6.23. The predicted molar refractivity (Wildman–Crippen MR) is 33.7 cm³/mol. The molecule has 0 fully saturated rings. The third-order valence-electron chi connectivity index (χ3n) is 1.19. The molecule has 9 heavy (non-hydrogen) atoms. The molecular formula is C7H8NO. The molecule has 1 N–H and O–H groups in total. The van der Waals surface area contributed by atoms with E-state index in [4.69, 9.17) is 5.11 Å². The average molecular weight is 122 g/mol. The van der Waals surface area contributed by atoms with Crippen LogP contribution in [0.15, 0.2) is 12.3 Å². The molecule has 0 aliphatic heterocycles. The predicted octanol–water partition coefficient (Wildman–Crippen LogP) is 0.683. The summed E-state index contributed by atoms with van der Waals surface area (Å²) in [5.74, 6) is 0. The Morgan fingerprint density at radius 3 is 3.00 bits per heavy atom. The summed E-state index contributed by atoms with van der Waals surface area (Å²) in [6, 6.07) is 4.66. The molecule has 0 bridgehead atoms. The lowest BCUT2D eigenvalue weighted by Crippen LogP contribution is -1.91. The Bertz CT molecular complexity index is 198. The van der Waals surface area contributed by atoms with Crippen molar-refractivity contribution < 1.29 is 5.11 Å². The highest BCUT2D eigenvalue weighted by atomic mass is 16.3. The number of aliphatic hydroxyl groups is 1. The summed E-state index contributed by atoms with van der Waals surface area (Å²) in [6.07, 6.45) is 1.62. The Morgan fingerprint density at radius 2 is 2.56 bits per heavy atom. The molecule has 1 heterocycles. The number of aryl methyl sites for hydroxylation is 1. The fourth-order valence-corrected chi connectivity index (χ4v) is 0.629. The number of aliphatic hydroxyl groups excluding tert-OH is 1. The van der Waals surface area contributed by atoms with Gasteiger partial charge in [-0.1, -0.05) is 0 Å². The minimum atomic E-state index is 0.00315. The van der Waals surface area contributed by atoms with Crippen molar-refractivity contribution in [2.75, 3.05) is 0 Å². The maximum absolute atomic E-state index is 8.64. The molecule has 0 unspecified atom stereocenters. The van der Waals surface area contributed by atoms with E-state index in [0.29, 0.717) is 5.69 Å². The molecule has 1 rings (SSSR count). The monoisotopic (exact) mass is 122 g/mol. The minimum Gasteiger partial charge on any atom is -0.390 e. The van der Waals surface area contributed by atoms with Gasteiger partial charge in [0.25, 0.3) is 0 Å². The van der Waals surface area contributed by atoms with Crippen molar-refractivity contribution in [1.29, 1.82) is 0 Å². The molecule has 2 nitrogen and oxygen atoms in total. The zero-order valence-electron chi connectivity index (χ0n) is 5.26. The van der Waals surface area contributed by atoms with Crippen molar-refractivity contribution in [2.24, 2.45) is 0 Å². The van der Waals surface area contributed by atoms with E-state index < -0.39 is 0 Å². The van der Waals surface area contributed by atoms with E-state index in [0.717, 1.165) is 5.56 Å². The average Bonchev–Trinajstić information content (AvgIpc) is 1.89. The normalized spacial score (nSPS) is 9.56. The smallest absolute Gasteiger partial charge is 0.0855 e. The second-order valence-corrected chi connectivity index (χ2v) is 1.82. The molecule has 0 amide bonds. The van der Waals surface area contributed by atoms with E-state index in [1.165, 1.54) is 0 Å². The van der Waals surface area contributed by atoms with Gasteiger partial charge in [0, 0.05) is 6.20 Å². The first-order chi connectivity index (χ1) is 4.34. The van der Waals surface area contributed by atoms with Crippen LogP contribution < -0.4 is 0 Å². The fraction of sp³-hybridized carbons (Fsp3) is 0.286. The molecule has 1 radical (unpaired) electrons. The van der Waals surface area contributed by atoms with Crippen LogP contribution in [0.4, 0.5) is 0 Å². The molecule has 0 saturated carbocycles. The number of pyridine rings is 1. The summed E-state index contributed by atoms with van der Waals surface area (Å²) in [4.78, 5) is 3.92. The van der Waals surface area contributed by atoms with E-state index in [2.05, 4.69) is 11.1 Å². The summed E-state index contributed by atoms with van der Waals surface area (Å²) in [6.45, 7) is 1.88. The Labute approximate surface area is 54.2 Å². The molecular weight excluding hydrogens is 114 g/mol. The molecule has 1 aromatic heterocycles. The highest BCUT2D eigenvalue weighted by Gasteiger charge is 1.93. The second kappa shape index (κ2) is 2.60. The molecule has 0 aliphatic rings. The van der Waals surface area contributed by atoms with Crippen molar-refractivity contribution in [2.45, 2.75) is 13.5 Å². The van der Waals surface area contributed by atoms with Gasteiger partial charge in [-0.25, -0.2) is 0 Å². The van der Waals surface area contributed by atoms with Gasteiger partial charge in [-0.05, 0) is 24.6 Å².